The number of rotatable bonds is 12. The Hall–Kier alpha value is -0.860. The monoisotopic (exact) mass is 290 g/mol. The summed E-state index contributed by atoms with van der Waals surface area (Å²) in [6.07, 6.45) is 11.8. The summed E-state index contributed by atoms with van der Waals surface area (Å²) < 4.78 is 0. The molecule has 0 fully saturated rings. The van der Waals surface area contributed by atoms with E-state index in [-0.39, 0.29) is 0 Å². The van der Waals surface area contributed by atoms with E-state index >= 15 is 0 Å². The van der Waals surface area contributed by atoms with E-state index in [2.05, 4.69) is 49.6 Å². The summed E-state index contributed by atoms with van der Waals surface area (Å²) in [5, 5.41) is 0. The van der Waals surface area contributed by atoms with Crippen LogP contribution in [0, 0.1) is 0 Å². The number of hydrogen-bond acceptors (Lipinski definition) is 2. The molecule has 2 atom stereocenters. The predicted molar refractivity (Wildman–Crippen MR) is 93.2 cm³/mol. The number of nitrogens with one attached hydrogen (secondary N) is 1. The first-order chi connectivity index (χ1) is 10.3. The zero-order valence-corrected chi connectivity index (χ0v) is 14.0. The second-order valence-electron chi connectivity index (χ2n) is 6.11. The second-order valence-corrected chi connectivity index (χ2v) is 6.11. The Balaban J connectivity index is 2.32. The van der Waals surface area contributed by atoms with Crippen LogP contribution in [0.25, 0.3) is 0 Å². The lowest BCUT2D eigenvalue weighted by Gasteiger charge is -2.26. The first-order valence-corrected chi connectivity index (χ1v) is 8.84. The fourth-order valence-corrected chi connectivity index (χ4v) is 3.17. The van der Waals surface area contributed by atoms with Crippen molar-refractivity contribution in [1.82, 2.24) is 5.43 Å². The topological polar surface area (TPSA) is 38.0 Å². The number of benzene rings is 1. The van der Waals surface area contributed by atoms with E-state index in [1.165, 1.54) is 56.9 Å². The van der Waals surface area contributed by atoms with Crippen molar-refractivity contribution in [3.05, 3.63) is 35.9 Å². The normalized spacial score (nSPS) is 14.0. The van der Waals surface area contributed by atoms with Crippen molar-refractivity contribution < 1.29 is 0 Å². The highest BCUT2D eigenvalue weighted by atomic mass is 15.2. The third-order valence-corrected chi connectivity index (χ3v) is 4.49. The Morgan fingerprint density at radius 3 is 2.10 bits per heavy atom. The van der Waals surface area contributed by atoms with Crippen LogP contribution in [0.5, 0.6) is 0 Å². The fourth-order valence-electron chi connectivity index (χ4n) is 3.17. The molecule has 2 heteroatoms. The Kier molecular flexibility index (Phi) is 10.2. The van der Waals surface area contributed by atoms with Crippen LogP contribution in [0.1, 0.15) is 83.1 Å². The average Bonchev–Trinajstić information content (AvgIpc) is 2.54. The zero-order chi connectivity index (χ0) is 15.3. The summed E-state index contributed by atoms with van der Waals surface area (Å²) in [6.45, 7) is 4.53. The Morgan fingerprint density at radius 2 is 1.52 bits per heavy atom. The molecular formula is C19H34N2. The first kappa shape index (κ1) is 18.2. The smallest absolute Gasteiger partial charge is 0.0279 e. The molecule has 1 aromatic carbocycles. The molecule has 21 heavy (non-hydrogen) atoms. The van der Waals surface area contributed by atoms with Crippen molar-refractivity contribution in [2.45, 2.75) is 83.6 Å². The maximum Gasteiger partial charge on any atom is 0.0279 e. The molecule has 0 bridgehead atoms. The molecule has 0 aromatic heterocycles. The molecule has 0 saturated heterocycles. The van der Waals surface area contributed by atoms with Gasteiger partial charge in [-0.1, -0.05) is 89.1 Å². The molecule has 1 rings (SSSR count). The molecular weight excluding hydrogens is 256 g/mol. The molecule has 2 unspecified atom stereocenters. The number of unbranched alkanes of at least 4 members (excludes halogenated alkanes) is 6. The van der Waals surface area contributed by atoms with Crippen LogP contribution < -0.4 is 11.3 Å². The Labute approximate surface area is 131 Å². The van der Waals surface area contributed by atoms with Gasteiger partial charge in [0.2, 0.25) is 0 Å². The van der Waals surface area contributed by atoms with Crippen LogP contribution in [0.15, 0.2) is 30.3 Å². The Morgan fingerprint density at radius 1 is 0.905 bits per heavy atom. The minimum atomic E-state index is 0.396. The van der Waals surface area contributed by atoms with E-state index in [1.807, 2.05) is 0 Å². The minimum absolute atomic E-state index is 0.396. The number of hydrogen-bond donors (Lipinski definition) is 2. The molecule has 0 heterocycles. The fraction of sp³-hybridized carbons (Fsp3) is 0.684. The third kappa shape index (κ3) is 7.10. The summed E-state index contributed by atoms with van der Waals surface area (Å²) in [6, 6.07) is 11.2. The van der Waals surface area contributed by atoms with Gasteiger partial charge in [0.15, 0.2) is 0 Å². The summed E-state index contributed by atoms with van der Waals surface area (Å²) in [5.74, 6) is 6.34. The van der Waals surface area contributed by atoms with Gasteiger partial charge in [-0.3, -0.25) is 11.3 Å². The predicted octanol–water partition coefficient (Wildman–Crippen LogP) is 5.15. The van der Waals surface area contributed by atoms with Crippen molar-refractivity contribution in [2.24, 2.45) is 5.84 Å². The van der Waals surface area contributed by atoms with Gasteiger partial charge in [-0.2, -0.15) is 0 Å². The number of hydrazine groups is 1. The van der Waals surface area contributed by atoms with Crippen LogP contribution in [-0.2, 0) is 0 Å². The van der Waals surface area contributed by atoms with E-state index in [9.17, 15) is 0 Å². The van der Waals surface area contributed by atoms with Crippen LogP contribution in [0.2, 0.25) is 0 Å². The molecule has 1 aromatic rings. The van der Waals surface area contributed by atoms with Crippen molar-refractivity contribution in [1.29, 1.82) is 0 Å². The van der Waals surface area contributed by atoms with Crippen molar-refractivity contribution in [2.75, 3.05) is 0 Å². The molecule has 3 N–H and O–H groups in total. The van der Waals surface area contributed by atoms with Crippen molar-refractivity contribution in [3.8, 4) is 0 Å². The first-order valence-electron chi connectivity index (χ1n) is 8.84. The Bertz CT molecular complexity index is 337. The van der Waals surface area contributed by atoms with E-state index in [4.69, 9.17) is 5.84 Å². The van der Waals surface area contributed by atoms with Crippen molar-refractivity contribution >= 4 is 0 Å². The van der Waals surface area contributed by atoms with E-state index in [0.717, 1.165) is 6.42 Å². The molecule has 0 saturated carbocycles. The highest BCUT2D eigenvalue weighted by Gasteiger charge is 2.19. The lowest BCUT2D eigenvalue weighted by Crippen LogP contribution is -2.39. The van der Waals surface area contributed by atoms with E-state index in [0.29, 0.717) is 12.0 Å². The third-order valence-electron chi connectivity index (χ3n) is 4.49. The van der Waals surface area contributed by atoms with Gasteiger partial charge in [0, 0.05) is 12.0 Å². The zero-order valence-electron chi connectivity index (χ0n) is 14.0. The van der Waals surface area contributed by atoms with Gasteiger partial charge in [0.1, 0.15) is 0 Å². The highest BCUT2D eigenvalue weighted by Crippen LogP contribution is 2.26. The summed E-state index contributed by atoms with van der Waals surface area (Å²) in [4.78, 5) is 0. The summed E-state index contributed by atoms with van der Waals surface area (Å²) in [7, 11) is 0. The maximum atomic E-state index is 5.82. The van der Waals surface area contributed by atoms with Crippen LogP contribution in [-0.4, -0.2) is 6.04 Å². The second kappa shape index (κ2) is 11.8. The molecule has 0 aliphatic carbocycles. The largest absolute Gasteiger partial charge is 0.271 e. The summed E-state index contributed by atoms with van der Waals surface area (Å²) >= 11 is 0. The van der Waals surface area contributed by atoms with Crippen molar-refractivity contribution in [3.63, 3.8) is 0 Å². The molecule has 0 aliphatic rings. The van der Waals surface area contributed by atoms with Crippen LogP contribution in [0.3, 0.4) is 0 Å². The minimum Gasteiger partial charge on any atom is -0.271 e. The van der Waals surface area contributed by atoms with Gasteiger partial charge in [0.05, 0.1) is 0 Å². The van der Waals surface area contributed by atoms with E-state index < -0.39 is 0 Å². The van der Waals surface area contributed by atoms with Gasteiger partial charge >= 0.3 is 0 Å². The molecule has 0 amide bonds. The van der Waals surface area contributed by atoms with Gasteiger partial charge in [-0.05, 0) is 18.4 Å². The van der Waals surface area contributed by atoms with Gasteiger partial charge in [0.25, 0.3) is 0 Å². The lowest BCUT2D eigenvalue weighted by atomic mass is 9.86. The molecule has 0 aliphatic heterocycles. The molecule has 0 spiro atoms. The molecule has 0 radical (unpaired) electrons. The standard InChI is InChI=1S/C19H34N2/c1-3-5-6-7-8-9-13-16-19(21-20)18(4-2)17-14-11-10-12-15-17/h10-12,14-15,18-19,21H,3-9,13,16,20H2,1-2H3. The van der Waals surface area contributed by atoms with Gasteiger partial charge in [-0.25, -0.2) is 0 Å². The maximum absolute atomic E-state index is 5.82. The average molecular weight is 290 g/mol. The molecule has 120 valence electrons. The van der Waals surface area contributed by atoms with E-state index in [1.54, 1.807) is 0 Å². The molecule has 2 nitrogen and oxygen atoms in total. The lowest BCUT2D eigenvalue weighted by molar-refractivity contribution is 0.389. The highest BCUT2D eigenvalue weighted by molar-refractivity contribution is 5.21. The van der Waals surface area contributed by atoms with Gasteiger partial charge < -0.3 is 0 Å². The number of nitrogens with two attached hydrogens (primary N) is 1. The van der Waals surface area contributed by atoms with Gasteiger partial charge in [-0.15, -0.1) is 0 Å². The quantitative estimate of drug-likeness (QED) is 0.317. The van der Waals surface area contributed by atoms with Crippen LogP contribution in [0.4, 0.5) is 0 Å². The summed E-state index contributed by atoms with van der Waals surface area (Å²) in [5.41, 5.74) is 4.47. The SMILES string of the molecule is CCCCCCCCCC(NN)C(CC)c1ccccc1. The van der Waals surface area contributed by atoms with Crippen LogP contribution >= 0.6 is 0 Å².